The van der Waals surface area contributed by atoms with Crippen LogP contribution in [0.5, 0.6) is 0 Å². The van der Waals surface area contributed by atoms with Gasteiger partial charge >= 0.3 is 0 Å². The summed E-state index contributed by atoms with van der Waals surface area (Å²) in [4.78, 5) is 1.47. The van der Waals surface area contributed by atoms with Gasteiger partial charge in [-0.25, -0.2) is 0 Å². The van der Waals surface area contributed by atoms with Gasteiger partial charge < -0.3 is 9.88 Å². The third-order valence-electron chi connectivity index (χ3n) is 3.79. The number of hydrogen-bond acceptors (Lipinski definition) is 4. The van der Waals surface area contributed by atoms with Crippen molar-refractivity contribution in [3.05, 3.63) is 34.0 Å². The SMILES string of the molecule is Cc1nnc2n1C[C@@H](CNCCc1cccs1)CC2. The van der Waals surface area contributed by atoms with Crippen molar-refractivity contribution in [1.29, 1.82) is 0 Å². The molecular formula is C14H20N4S. The van der Waals surface area contributed by atoms with Crippen LogP contribution >= 0.6 is 11.3 Å². The molecule has 0 saturated carbocycles. The van der Waals surface area contributed by atoms with Crippen LogP contribution in [0.2, 0.25) is 0 Å². The summed E-state index contributed by atoms with van der Waals surface area (Å²) in [5.41, 5.74) is 0. The van der Waals surface area contributed by atoms with E-state index in [0.717, 1.165) is 44.1 Å². The molecule has 19 heavy (non-hydrogen) atoms. The van der Waals surface area contributed by atoms with Crippen LogP contribution < -0.4 is 5.32 Å². The lowest BCUT2D eigenvalue weighted by atomic mass is 9.99. The standard InChI is InChI=1S/C14H20N4S/c1-11-16-17-14-5-4-12(10-18(11)14)9-15-7-6-13-3-2-8-19-13/h2-3,8,12,15H,4-7,9-10H2,1H3/t12-/m1/s1. The molecule has 0 saturated heterocycles. The molecule has 0 bridgehead atoms. The number of aryl methyl sites for hydroxylation is 2. The maximum absolute atomic E-state index is 4.21. The number of thiophene rings is 1. The molecule has 0 unspecified atom stereocenters. The summed E-state index contributed by atoms with van der Waals surface area (Å²) in [7, 11) is 0. The van der Waals surface area contributed by atoms with Gasteiger partial charge in [-0.2, -0.15) is 0 Å². The summed E-state index contributed by atoms with van der Waals surface area (Å²) in [6.45, 7) is 5.29. The molecule has 1 aliphatic rings. The molecule has 3 heterocycles. The Labute approximate surface area is 117 Å². The number of fused-ring (bicyclic) bond motifs is 1. The van der Waals surface area contributed by atoms with E-state index in [2.05, 4.69) is 37.6 Å². The van der Waals surface area contributed by atoms with Gasteiger partial charge in [0.2, 0.25) is 0 Å². The molecule has 2 aromatic rings. The minimum absolute atomic E-state index is 0.713. The fourth-order valence-electron chi connectivity index (χ4n) is 2.67. The summed E-state index contributed by atoms with van der Waals surface area (Å²) >= 11 is 1.84. The second-order valence-electron chi connectivity index (χ2n) is 5.21. The molecule has 1 aliphatic heterocycles. The molecule has 1 atom stereocenters. The monoisotopic (exact) mass is 276 g/mol. The lowest BCUT2D eigenvalue weighted by Gasteiger charge is -2.24. The molecule has 1 N–H and O–H groups in total. The Morgan fingerprint density at radius 2 is 2.42 bits per heavy atom. The van der Waals surface area contributed by atoms with E-state index >= 15 is 0 Å². The highest BCUT2D eigenvalue weighted by Crippen LogP contribution is 2.19. The summed E-state index contributed by atoms with van der Waals surface area (Å²) in [6, 6.07) is 4.33. The zero-order valence-electron chi connectivity index (χ0n) is 11.3. The number of hydrogen-bond donors (Lipinski definition) is 1. The lowest BCUT2D eigenvalue weighted by molar-refractivity contribution is 0.345. The van der Waals surface area contributed by atoms with Gasteiger partial charge in [-0.15, -0.1) is 21.5 Å². The Morgan fingerprint density at radius 3 is 3.26 bits per heavy atom. The average Bonchev–Trinajstić information content (AvgIpc) is 3.06. The van der Waals surface area contributed by atoms with E-state index in [1.807, 2.05) is 18.3 Å². The first kappa shape index (κ1) is 12.8. The van der Waals surface area contributed by atoms with Gasteiger partial charge in [0.25, 0.3) is 0 Å². The maximum Gasteiger partial charge on any atom is 0.133 e. The predicted octanol–water partition coefficient (Wildman–Crippen LogP) is 2.04. The van der Waals surface area contributed by atoms with Crippen molar-refractivity contribution in [3.63, 3.8) is 0 Å². The van der Waals surface area contributed by atoms with E-state index in [0.29, 0.717) is 5.92 Å². The molecule has 0 aliphatic carbocycles. The summed E-state index contributed by atoms with van der Waals surface area (Å²) in [6.07, 6.45) is 3.43. The first-order chi connectivity index (χ1) is 9.33. The van der Waals surface area contributed by atoms with E-state index in [4.69, 9.17) is 0 Å². The number of rotatable bonds is 5. The molecule has 3 rings (SSSR count). The Kier molecular flexibility index (Phi) is 3.94. The van der Waals surface area contributed by atoms with Gasteiger partial charge in [0.1, 0.15) is 11.6 Å². The second-order valence-corrected chi connectivity index (χ2v) is 6.24. The second kappa shape index (κ2) is 5.84. The number of nitrogens with one attached hydrogen (secondary N) is 1. The molecule has 102 valence electrons. The van der Waals surface area contributed by atoms with Crippen LogP contribution in [-0.4, -0.2) is 27.9 Å². The molecule has 0 radical (unpaired) electrons. The Morgan fingerprint density at radius 1 is 1.47 bits per heavy atom. The molecule has 0 aromatic carbocycles. The van der Waals surface area contributed by atoms with Crippen molar-refractivity contribution in [2.75, 3.05) is 13.1 Å². The maximum atomic E-state index is 4.21. The van der Waals surface area contributed by atoms with Gasteiger partial charge in [0.15, 0.2) is 0 Å². The van der Waals surface area contributed by atoms with Gasteiger partial charge in [0, 0.05) is 17.8 Å². The molecule has 0 fully saturated rings. The van der Waals surface area contributed by atoms with E-state index in [-0.39, 0.29) is 0 Å². The van der Waals surface area contributed by atoms with Gasteiger partial charge in [-0.05, 0) is 50.2 Å². The topological polar surface area (TPSA) is 42.7 Å². The smallest absolute Gasteiger partial charge is 0.133 e. The lowest BCUT2D eigenvalue weighted by Crippen LogP contribution is -2.31. The van der Waals surface area contributed by atoms with Crippen LogP contribution in [0.4, 0.5) is 0 Å². The molecule has 0 amide bonds. The van der Waals surface area contributed by atoms with Crippen molar-refractivity contribution in [3.8, 4) is 0 Å². The van der Waals surface area contributed by atoms with Crippen molar-refractivity contribution < 1.29 is 0 Å². The van der Waals surface area contributed by atoms with Crippen LogP contribution in [0.1, 0.15) is 22.9 Å². The highest BCUT2D eigenvalue weighted by Gasteiger charge is 2.20. The predicted molar refractivity (Wildman–Crippen MR) is 77.5 cm³/mol. The molecular weight excluding hydrogens is 256 g/mol. The van der Waals surface area contributed by atoms with Gasteiger partial charge in [-0.3, -0.25) is 0 Å². The molecule has 0 spiro atoms. The van der Waals surface area contributed by atoms with Crippen molar-refractivity contribution in [1.82, 2.24) is 20.1 Å². The van der Waals surface area contributed by atoms with Crippen LogP contribution in [0.3, 0.4) is 0 Å². The Bertz CT molecular complexity index is 518. The van der Waals surface area contributed by atoms with E-state index in [9.17, 15) is 0 Å². The number of nitrogens with zero attached hydrogens (tertiary/aromatic N) is 3. The minimum Gasteiger partial charge on any atom is -0.316 e. The van der Waals surface area contributed by atoms with Crippen molar-refractivity contribution in [2.24, 2.45) is 5.92 Å². The normalized spacial score (nSPS) is 18.5. The van der Waals surface area contributed by atoms with E-state index < -0.39 is 0 Å². The quantitative estimate of drug-likeness (QED) is 0.850. The summed E-state index contributed by atoms with van der Waals surface area (Å²) < 4.78 is 2.27. The third-order valence-corrected chi connectivity index (χ3v) is 4.73. The average molecular weight is 276 g/mol. The van der Waals surface area contributed by atoms with Crippen molar-refractivity contribution >= 4 is 11.3 Å². The zero-order valence-corrected chi connectivity index (χ0v) is 12.1. The van der Waals surface area contributed by atoms with Gasteiger partial charge in [0.05, 0.1) is 0 Å². The fraction of sp³-hybridized carbons (Fsp3) is 0.571. The summed E-state index contributed by atoms with van der Waals surface area (Å²) in [5, 5.41) is 14.1. The summed E-state index contributed by atoms with van der Waals surface area (Å²) in [5.74, 6) is 2.93. The number of aromatic nitrogens is 3. The minimum atomic E-state index is 0.713. The van der Waals surface area contributed by atoms with Gasteiger partial charge in [-0.1, -0.05) is 6.07 Å². The van der Waals surface area contributed by atoms with Crippen molar-refractivity contribution in [2.45, 2.75) is 32.7 Å². The van der Waals surface area contributed by atoms with Crippen LogP contribution in [0, 0.1) is 12.8 Å². The van der Waals surface area contributed by atoms with Crippen LogP contribution in [0.15, 0.2) is 17.5 Å². The molecule has 2 aromatic heterocycles. The molecule has 4 nitrogen and oxygen atoms in total. The molecule has 5 heteroatoms. The van der Waals surface area contributed by atoms with Crippen LogP contribution in [-0.2, 0) is 19.4 Å². The first-order valence-corrected chi connectivity index (χ1v) is 7.82. The zero-order chi connectivity index (χ0) is 13.1. The van der Waals surface area contributed by atoms with E-state index in [1.54, 1.807) is 0 Å². The van der Waals surface area contributed by atoms with Crippen LogP contribution in [0.25, 0.3) is 0 Å². The highest BCUT2D eigenvalue weighted by atomic mass is 32.1. The highest BCUT2D eigenvalue weighted by molar-refractivity contribution is 7.09. The largest absolute Gasteiger partial charge is 0.316 e. The third kappa shape index (κ3) is 3.04. The Balaban J connectivity index is 1.43. The van der Waals surface area contributed by atoms with E-state index in [1.165, 1.54) is 11.3 Å². The Hall–Kier alpha value is -1.20. The fourth-order valence-corrected chi connectivity index (χ4v) is 3.38. The first-order valence-electron chi connectivity index (χ1n) is 6.94.